The number of hydroxylamine groups is 1. The van der Waals surface area contributed by atoms with Gasteiger partial charge in [0.05, 0.1) is 5.69 Å². The molecule has 1 atom stereocenters. The van der Waals surface area contributed by atoms with Crippen molar-refractivity contribution < 1.29 is 27.3 Å². The lowest BCUT2D eigenvalue weighted by Gasteiger charge is -2.24. The van der Waals surface area contributed by atoms with Crippen molar-refractivity contribution in [2.75, 3.05) is 12.9 Å². The van der Waals surface area contributed by atoms with E-state index in [1.54, 1.807) is 0 Å². The highest BCUT2D eigenvalue weighted by atomic mass is 32.2. The monoisotopic (exact) mass is 332 g/mol. The van der Waals surface area contributed by atoms with E-state index in [0.717, 1.165) is 6.26 Å². The fourth-order valence-corrected chi connectivity index (χ4v) is 2.49. The Morgan fingerprint density at radius 3 is 2.82 bits per heavy atom. The number of halogens is 1. The summed E-state index contributed by atoms with van der Waals surface area (Å²) in [7, 11) is -3.76. The Morgan fingerprint density at radius 2 is 2.27 bits per heavy atom. The maximum atomic E-state index is 11.9. The zero-order valence-electron chi connectivity index (χ0n) is 12.2. The first kappa shape index (κ1) is 18.1. The average Bonchev–Trinajstić information content (AvgIpc) is 2.91. The first-order valence-electron chi connectivity index (χ1n) is 6.39. The summed E-state index contributed by atoms with van der Waals surface area (Å²) < 4.78 is 38.6. The molecule has 7 nitrogen and oxygen atoms in total. The molecule has 1 rings (SSSR count). The summed E-state index contributed by atoms with van der Waals surface area (Å²) in [6.07, 6.45) is 1.03. The Morgan fingerprint density at radius 1 is 1.59 bits per heavy atom. The van der Waals surface area contributed by atoms with Crippen molar-refractivity contribution in [3.63, 3.8) is 0 Å². The SMILES string of the molecule is C[C@@](CCc1cc(C#CCCF)on1)(C(=O)NO)S(C)(=O)=O. The van der Waals surface area contributed by atoms with Crippen LogP contribution in [0.4, 0.5) is 4.39 Å². The van der Waals surface area contributed by atoms with Crippen LogP contribution in [0.1, 0.15) is 31.2 Å². The first-order valence-corrected chi connectivity index (χ1v) is 8.28. The second-order valence-corrected chi connectivity index (χ2v) is 7.31. The van der Waals surface area contributed by atoms with Crippen LogP contribution in [-0.4, -0.2) is 42.4 Å². The molecule has 22 heavy (non-hydrogen) atoms. The molecular weight excluding hydrogens is 315 g/mol. The number of rotatable bonds is 6. The summed E-state index contributed by atoms with van der Waals surface area (Å²) in [6.45, 7) is 0.660. The van der Waals surface area contributed by atoms with E-state index in [0.29, 0.717) is 5.69 Å². The molecule has 0 fully saturated rings. The number of carbonyl (C=O) groups is 1. The van der Waals surface area contributed by atoms with E-state index in [2.05, 4.69) is 17.0 Å². The fourth-order valence-electron chi connectivity index (χ4n) is 1.64. The number of hydrogen-bond acceptors (Lipinski definition) is 6. The average molecular weight is 332 g/mol. The minimum Gasteiger partial charge on any atom is -0.347 e. The van der Waals surface area contributed by atoms with Gasteiger partial charge in [0.15, 0.2) is 9.84 Å². The van der Waals surface area contributed by atoms with Crippen LogP contribution in [-0.2, 0) is 21.1 Å². The molecule has 0 aliphatic carbocycles. The molecule has 1 amide bonds. The van der Waals surface area contributed by atoms with E-state index >= 15 is 0 Å². The number of aromatic nitrogens is 1. The Kier molecular flexibility index (Phi) is 6.08. The van der Waals surface area contributed by atoms with Gasteiger partial charge in [-0.1, -0.05) is 11.1 Å². The Labute approximate surface area is 127 Å². The quantitative estimate of drug-likeness (QED) is 0.449. The Bertz CT molecular complexity index is 689. The van der Waals surface area contributed by atoms with E-state index in [1.807, 2.05) is 0 Å². The van der Waals surface area contributed by atoms with Gasteiger partial charge in [0, 0.05) is 18.7 Å². The van der Waals surface area contributed by atoms with Crippen LogP contribution in [0.15, 0.2) is 10.6 Å². The van der Waals surface area contributed by atoms with Crippen molar-refractivity contribution in [2.45, 2.75) is 30.9 Å². The van der Waals surface area contributed by atoms with Crippen molar-refractivity contribution >= 4 is 15.7 Å². The highest BCUT2D eigenvalue weighted by Gasteiger charge is 2.43. The van der Waals surface area contributed by atoms with Crippen LogP contribution < -0.4 is 5.48 Å². The van der Waals surface area contributed by atoms with Crippen LogP contribution in [0, 0.1) is 11.8 Å². The highest BCUT2D eigenvalue weighted by Crippen LogP contribution is 2.23. The molecule has 1 aromatic heterocycles. The standard InChI is InChI=1S/C13H17FN2O5S/c1-13(12(17)15-18,22(2,19)20)7-6-10-9-11(21-16-10)5-3-4-8-14/h9,18H,4,6-8H2,1-2H3,(H,15,17)/t13-/m1/s1. The molecule has 1 heterocycles. The molecule has 0 unspecified atom stereocenters. The van der Waals surface area contributed by atoms with Gasteiger partial charge in [-0.15, -0.1) is 0 Å². The molecule has 1 aromatic rings. The second kappa shape index (κ2) is 7.38. The van der Waals surface area contributed by atoms with E-state index < -0.39 is 27.2 Å². The summed E-state index contributed by atoms with van der Waals surface area (Å²) >= 11 is 0. The van der Waals surface area contributed by atoms with Crippen LogP contribution >= 0.6 is 0 Å². The Balaban J connectivity index is 2.83. The molecule has 0 aromatic carbocycles. The maximum Gasteiger partial charge on any atom is 0.264 e. The zero-order valence-corrected chi connectivity index (χ0v) is 13.0. The molecule has 9 heteroatoms. The minimum absolute atomic E-state index is 0.0822. The molecule has 0 saturated heterocycles. The number of nitrogens with zero attached hydrogens (tertiary/aromatic N) is 1. The van der Waals surface area contributed by atoms with E-state index in [9.17, 15) is 17.6 Å². The second-order valence-electron chi connectivity index (χ2n) is 4.87. The number of sulfone groups is 1. The molecule has 0 radical (unpaired) electrons. The van der Waals surface area contributed by atoms with Gasteiger partial charge in [-0.3, -0.25) is 14.4 Å². The summed E-state index contributed by atoms with van der Waals surface area (Å²) in [5.74, 6) is 4.33. The van der Waals surface area contributed by atoms with Crippen molar-refractivity contribution in [1.82, 2.24) is 10.6 Å². The smallest absolute Gasteiger partial charge is 0.264 e. The molecule has 2 N–H and O–H groups in total. The topological polar surface area (TPSA) is 110 Å². The summed E-state index contributed by atoms with van der Waals surface area (Å²) in [5.41, 5.74) is 1.78. The van der Waals surface area contributed by atoms with E-state index in [4.69, 9.17) is 9.73 Å². The number of aryl methyl sites for hydroxylation is 1. The molecule has 0 saturated carbocycles. The third kappa shape index (κ3) is 4.29. The molecule has 122 valence electrons. The summed E-state index contributed by atoms with van der Waals surface area (Å²) in [6, 6.07) is 1.49. The van der Waals surface area contributed by atoms with Crippen LogP contribution in [0.25, 0.3) is 0 Å². The van der Waals surface area contributed by atoms with Gasteiger partial charge in [-0.2, -0.15) is 0 Å². The van der Waals surface area contributed by atoms with Gasteiger partial charge in [0.25, 0.3) is 5.91 Å². The molecule has 0 spiro atoms. The van der Waals surface area contributed by atoms with Crippen molar-refractivity contribution in [3.8, 4) is 11.8 Å². The molecule has 0 aliphatic rings. The van der Waals surface area contributed by atoms with Crippen molar-refractivity contribution in [2.24, 2.45) is 0 Å². The molecule has 0 bridgehead atoms. The number of nitrogens with one attached hydrogen (secondary N) is 1. The van der Waals surface area contributed by atoms with Gasteiger partial charge in [0.1, 0.15) is 11.4 Å². The number of amides is 1. The third-order valence-corrected chi connectivity index (χ3v) is 5.27. The van der Waals surface area contributed by atoms with E-state index in [-0.39, 0.29) is 25.0 Å². The Hall–Kier alpha value is -1.92. The predicted molar refractivity (Wildman–Crippen MR) is 75.5 cm³/mol. The zero-order chi connectivity index (χ0) is 16.8. The van der Waals surface area contributed by atoms with Crippen LogP contribution in [0.5, 0.6) is 0 Å². The largest absolute Gasteiger partial charge is 0.347 e. The summed E-state index contributed by atoms with van der Waals surface area (Å²) in [5, 5.41) is 12.4. The van der Waals surface area contributed by atoms with Crippen LogP contribution in [0.2, 0.25) is 0 Å². The number of alkyl halides is 1. The van der Waals surface area contributed by atoms with Gasteiger partial charge in [-0.25, -0.2) is 13.9 Å². The van der Waals surface area contributed by atoms with E-state index in [1.165, 1.54) is 18.5 Å². The van der Waals surface area contributed by atoms with Gasteiger partial charge < -0.3 is 4.52 Å². The van der Waals surface area contributed by atoms with Gasteiger partial charge >= 0.3 is 0 Å². The predicted octanol–water partition coefficient (Wildman–Crippen LogP) is 0.627. The first-order chi connectivity index (χ1) is 10.2. The van der Waals surface area contributed by atoms with Gasteiger partial charge in [0.2, 0.25) is 5.76 Å². The lowest BCUT2D eigenvalue weighted by atomic mass is 10.0. The normalized spacial score (nSPS) is 13.8. The summed E-state index contributed by atoms with van der Waals surface area (Å²) in [4.78, 5) is 11.6. The number of carbonyl (C=O) groups excluding carboxylic acids is 1. The van der Waals surface area contributed by atoms with Crippen molar-refractivity contribution in [3.05, 3.63) is 17.5 Å². The van der Waals surface area contributed by atoms with Crippen LogP contribution in [0.3, 0.4) is 0 Å². The fraction of sp³-hybridized carbons (Fsp3) is 0.538. The maximum absolute atomic E-state index is 11.9. The number of hydrogen-bond donors (Lipinski definition) is 2. The lowest BCUT2D eigenvalue weighted by molar-refractivity contribution is -0.131. The lowest BCUT2D eigenvalue weighted by Crippen LogP contribution is -2.49. The molecular formula is C13H17FN2O5S. The van der Waals surface area contributed by atoms with Gasteiger partial charge in [-0.05, 0) is 25.7 Å². The third-order valence-electron chi connectivity index (χ3n) is 3.25. The van der Waals surface area contributed by atoms with Crippen molar-refractivity contribution in [1.29, 1.82) is 0 Å². The highest BCUT2D eigenvalue weighted by molar-refractivity contribution is 7.92. The molecule has 0 aliphatic heterocycles. The minimum atomic E-state index is -3.76.